The van der Waals surface area contributed by atoms with Gasteiger partial charge in [0.05, 0.1) is 0 Å². The smallest absolute Gasteiger partial charge is 0.327 e. The fourth-order valence-electron chi connectivity index (χ4n) is 5.62. The van der Waals surface area contributed by atoms with E-state index in [1.54, 1.807) is 5.57 Å². The van der Waals surface area contributed by atoms with Crippen molar-refractivity contribution in [3.63, 3.8) is 0 Å². The number of fused-ring (bicyclic) bond motifs is 2. The van der Waals surface area contributed by atoms with Gasteiger partial charge in [0.2, 0.25) is 0 Å². The third kappa shape index (κ3) is 3.24. The zero-order valence-corrected chi connectivity index (χ0v) is 20.6. The fraction of sp³-hybridized carbons (Fsp3) is 0.875. The van der Waals surface area contributed by atoms with Gasteiger partial charge in [-0.1, -0.05) is 11.6 Å². The predicted molar refractivity (Wildman–Crippen MR) is 107 cm³/mol. The van der Waals surface area contributed by atoms with E-state index in [9.17, 15) is 0 Å². The van der Waals surface area contributed by atoms with Crippen LogP contribution in [0.1, 0.15) is 32.6 Å². The number of rotatable bonds is 1. The largest absolute Gasteiger partial charge is 0.416 e. The Kier molecular flexibility index (Phi) is 4.58. The summed E-state index contributed by atoms with van der Waals surface area (Å²) in [6.45, 7) is 17.4. The van der Waals surface area contributed by atoms with Crippen LogP contribution in [0.3, 0.4) is 0 Å². The van der Waals surface area contributed by atoms with Gasteiger partial charge in [-0.15, -0.1) is 0 Å². The van der Waals surface area contributed by atoms with Crippen molar-refractivity contribution in [1.82, 2.24) is 0 Å². The lowest BCUT2D eigenvalue weighted by Gasteiger charge is -2.53. The van der Waals surface area contributed by atoms with Gasteiger partial charge in [0.25, 0.3) is 0 Å². The van der Waals surface area contributed by atoms with Gasteiger partial charge in [0.15, 0.2) is 0 Å². The second kappa shape index (κ2) is 5.72. The summed E-state index contributed by atoms with van der Waals surface area (Å²) in [7, 11) is -9.28. The average molecular weight is 403 g/mol. The van der Waals surface area contributed by atoms with Crippen molar-refractivity contribution in [3.05, 3.63) is 11.6 Å². The molecule has 0 amide bonds. The first-order chi connectivity index (χ1) is 10.8. The molecule has 2 unspecified atom stereocenters. The standard InChI is InChI=1S/C16H34O4Si4/c1-9-15-12-14-10-11-16(15,13-14)24(8)19-22(4,5)17-21(2,3)18-23(6,7)20-24/h9,14H,10-13H2,1-8H3. The third-order valence-corrected chi connectivity index (χ3v) is 23.2. The Balaban J connectivity index is 2.04. The minimum absolute atomic E-state index is 0.136. The maximum Gasteiger partial charge on any atom is 0.327 e. The summed E-state index contributed by atoms with van der Waals surface area (Å²) in [5.41, 5.74) is 1.58. The van der Waals surface area contributed by atoms with E-state index in [0.29, 0.717) is 0 Å². The Morgan fingerprint density at radius 2 is 1.38 bits per heavy atom. The lowest BCUT2D eigenvalue weighted by Crippen LogP contribution is -2.68. The monoisotopic (exact) mass is 402 g/mol. The minimum atomic E-state index is -2.48. The van der Waals surface area contributed by atoms with Crippen molar-refractivity contribution in [3.8, 4) is 0 Å². The molecule has 2 atom stereocenters. The molecule has 3 aliphatic rings. The molecule has 3 rings (SSSR count). The number of hydrogen-bond acceptors (Lipinski definition) is 4. The van der Waals surface area contributed by atoms with Gasteiger partial charge >= 0.3 is 34.2 Å². The van der Waals surface area contributed by atoms with E-state index < -0.39 is 34.2 Å². The Morgan fingerprint density at radius 3 is 1.83 bits per heavy atom. The summed E-state index contributed by atoms with van der Waals surface area (Å²) >= 11 is 0. The molecule has 0 aromatic carbocycles. The van der Waals surface area contributed by atoms with Crippen LogP contribution in [-0.4, -0.2) is 34.2 Å². The zero-order valence-electron chi connectivity index (χ0n) is 16.6. The molecule has 4 nitrogen and oxygen atoms in total. The molecule has 8 heteroatoms. The molecule has 3 fully saturated rings. The van der Waals surface area contributed by atoms with Gasteiger partial charge in [0, 0.05) is 5.04 Å². The maximum atomic E-state index is 6.96. The number of allylic oxidation sites excluding steroid dienone is 2. The molecule has 1 saturated heterocycles. The molecule has 0 aromatic heterocycles. The van der Waals surface area contributed by atoms with Crippen LogP contribution in [0, 0.1) is 5.92 Å². The van der Waals surface area contributed by atoms with Crippen LogP contribution in [0.5, 0.6) is 0 Å². The highest BCUT2D eigenvalue weighted by Crippen LogP contribution is 2.68. The first-order valence-corrected chi connectivity index (χ1v) is 20.1. The molecule has 0 aromatic rings. The first-order valence-electron chi connectivity index (χ1n) is 9.28. The maximum absolute atomic E-state index is 6.96. The van der Waals surface area contributed by atoms with Crippen molar-refractivity contribution in [2.24, 2.45) is 5.92 Å². The summed E-state index contributed by atoms with van der Waals surface area (Å²) in [6.07, 6.45) is 7.35. The van der Waals surface area contributed by atoms with E-state index in [2.05, 4.69) is 58.8 Å². The summed E-state index contributed by atoms with van der Waals surface area (Å²) < 4.78 is 27.0. The minimum Gasteiger partial charge on any atom is -0.416 e. The molecule has 2 bridgehead atoms. The van der Waals surface area contributed by atoms with Crippen molar-refractivity contribution in [2.75, 3.05) is 0 Å². The van der Waals surface area contributed by atoms with E-state index in [-0.39, 0.29) is 5.04 Å². The van der Waals surface area contributed by atoms with Crippen LogP contribution in [0.4, 0.5) is 0 Å². The summed E-state index contributed by atoms with van der Waals surface area (Å²) in [5, 5.41) is 0.136. The molecule has 1 heterocycles. The van der Waals surface area contributed by atoms with Crippen LogP contribution >= 0.6 is 0 Å². The van der Waals surface area contributed by atoms with E-state index in [4.69, 9.17) is 16.5 Å². The highest BCUT2D eigenvalue weighted by atomic mass is 28.5. The second-order valence-electron chi connectivity index (χ2n) is 9.26. The van der Waals surface area contributed by atoms with E-state index in [0.717, 1.165) is 5.92 Å². The van der Waals surface area contributed by atoms with Crippen LogP contribution in [0.15, 0.2) is 11.6 Å². The van der Waals surface area contributed by atoms with Gasteiger partial charge in [0.1, 0.15) is 0 Å². The molecule has 2 saturated carbocycles. The highest BCUT2D eigenvalue weighted by Gasteiger charge is 2.66. The zero-order chi connectivity index (χ0) is 18.0. The summed E-state index contributed by atoms with van der Waals surface area (Å²) in [5.74, 6) is 0.820. The normalized spacial score (nSPS) is 41.2. The molecular weight excluding hydrogens is 369 g/mol. The lowest BCUT2D eigenvalue weighted by molar-refractivity contribution is 0.217. The topological polar surface area (TPSA) is 36.9 Å². The van der Waals surface area contributed by atoms with E-state index in [1.165, 1.54) is 25.7 Å². The predicted octanol–water partition coefficient (Wildman–Crippen LogP) is 5.13. The molecular formula is C16H34O4Si4. The Hall–Kier alpha value is 0.448. The number of hydrogen-bond donors (Lipinski definition) is 0. The van der Waals surface area contributed by atoms with Crippen molar-refractivity contribution in [2.45, 2.75) is 83.5 Å². The molecule has 2 aliphatic carbocycles. The molecule has 0 radical (unpaired) electrons. The third-order valence-electron chi connectivity index (χ3n) is 5.82. The Bertz CT molecular complexity index is 538. The summed E-state index contributed by atoms with van der Waals surface area (Å²) in [6, 6.07) is 0. The van der Waals surface area contributed by atoms with Gasteiger partial charge in [-0.2, -0.15) is 0 Å². The molecule has 0 spiro atoms. The SMILES string of the molecule is CC=C1CC2CCC1([Si]1(C)O[Si](C)(C)O[Si](C)(C)O[Si](C)(C)O1)C2. The van der Waals surface area contributed by atoms with Gasteiger partial charge in [-0.05, 0) is 84.4 Å². The lowest BCUT2D eigenvalue weighted by atomic mass is 9.94. The van der Waals surface area contributed by atoms with Crippen molar-refractivity contribution < 1.29 is 16.5 Å². The summed E-state index contributed by atoms with van der Waals surface area (Å²) in [4.78, 5) is 0. The van der Waals surface area contributed by atoms with E-state index in [1.807, 2.05) is 0 Å². The molecule has 1 aliphatic heterocycles. The Labute approximate surface area is 151 Å². The van der Waals surface area contributed by atoms with Gasteiger partial charge < -0.3 is 16.5 Å². The van der Waals surface area contributed by atoms with Crippen LogP contribution < -0.4 is 0 Å². The molecule has 138 valence electrons. The second-order valence-corrected chi connectivity index (χ2v) is 23.8. The average Bonchev–Trinajstić information content (AvgIpc) is 2.91. The fourth-order valence-corrected chi connectivity index (χ4v) is 28.4. The van der Waals surface area contributed by atoms with Crippen LogP contribution in [-0.2, 0) is 16.5 Å². The molecule has 24 heavy (non-hydrogen) atoms. The Morgan fingerprint density at radius 1 is 0.875 bits per heavy atom. The molecule has 0 N–H and O–H groups in total. The highest BCUT2D eigenvalue weighted by molar-refractivity contribution is 6.94. The van der Waals surface area contributed by atoms with Crippen LogP contribution in [0.2, 0.25) is 50.9 Å². The quantitative estimate of drug-likeness (QED) is 0.450. The first kappa shape index (κ1) is 19.2. The van der Waals surface area contributed by atoms with Gasteiger partial charge in [-0.25, -0.2) is 0 Å². The van der Waals surface area contributed by atoms with Gasteiger partial charge in [-0.3, -0.25) is 0 Å². The van der Waals surface area contributed by atoms with Crippen molar-refractivity contribution in [1.29, 1.82) is 0 Å². The van der Waals surface area contributed by atoms with E-state index >= 15 is 0 Å². The van der Waals surface area contributed by atoms with Crippen molar-refractivity contribution >= 4 is 34.2 Å². The van der Waals surface area contributed by atoms with Crippen LogP contribution in [0.25, 0.3) is 0 Å².